The van der Waals surface area contributed by atoms with Gasteiger partial charge in [-0.15, -0.1) is 0 Å². The molecule has 1 aromatic carbocycles. The average molecular weight is 474 g/mol. The van der Waals surface area contributed by atoms with Crippen LogP contribution in [0, 0.1) is 3.57 Å². The van der Waals surface area contributed by atoms with E-state index in [0.29, 0.717) is 22.6 Å². The lowest BCUT2D eigenvalue weighted by molar-refractivity contribution is 0.181. The Labute approximate surface area is 143 Å². The second-order valence-electron chi connectivity index (χ2n) is 3.66. The number of rotatable bonds is 3. The van der Waals surface area contributed by atoms with E-state index in [2.05, 4.69) is 48.5 Å². The van der Waals surface area contributed by atoms with Gasteiger partial charge in [-0.1, -0.05) is 39.1 Å². The third-order valence-corrected chi connectivity index (χ3v) is 4.98. The lowest BCUT2D eigenvalue weighted by Gasteiger charge is -2.09. The number of methoxy groups -OCH3 is 1. The molecule has 3 nitrogen and oxygen atoms in total. The van der Waals surface area contributed by atoms with Crippen LogP contribution in [0.25, 0.3) is 11.4 Å². The average Bonchev–Trinajstić information content (AvgIpc) is 2.38. The Morgan fingerprint density at radius 2 is 2.05 bits per heavy atom. The van der Waals surface area contributed by atoms with E-state index in [1.807, 2.05) is 6.07 Å². The van der Waals surface area contributed by atoms with E-state index >= 15 is 0 Å². The quantitative estimate of drug-likeness (QED) is 0.466. The highest BCUT2D eigenvalue weighted by molar-refractivity contribution is 14.1. The molecular weight excluding hydrogens is 466 g/mol. The Balaban J connectivity index is 2.59. The van der Waals surface area contributed by atoms with Crippen molar-refractivity contribution in [3.8, 4) is 11.4 Å². The maximum Gasteiger partial charge on any atom is 0.162 e. The summed E-state index contributed by atoms with van der Waals surface area (Å²) in [7, 11) is 1.61. The molecule has 0 aliphatic heterocycles. The minimum atomic E-state index is 0.381. The van der Waals surface area contributed by atoms with E-state index in [4.69, 9.17) is 27.9 Å². The zero-order valence-corrected chi connectivity index (χ0v) is 15.0. The van der Waals surface area contributed by atoms with Crippen LogP contribution >= 0.6 is 61.7 Å². The smallest absolute Gasteiger partial charge is 0.162 e. The molecule has 100 valence electrons. The minimum absolute atomic E-state index is 0.381. The number of ether oxygens (including phenoxy) is 1. The standard InChI is InChI=1S/C12H8BrCl2IN2O/c1-19-5-9-10(16)11(15)18-12(17-9)7-4-6(14)2-3-8(7)13/h2-4H,5H2,1H3. The zero-order chi connectivity index (χ0) is 14.0. The van der Waals surface area contributed by atoms with Crippen molar-refractivity contribution >= 4 is 61.7 Å². The van der Waals surface area contributed by atoms with Gasteiger partial charge in [0.2, 0.25) is 0 Å². The van der Waals surface area contributed by atoms with Crippen LogP contribution in [-0.2, 0) is 11.3 Å². The molecule has 0 N–H and O–H groups in total. The van der Waals surface area contributed by atoms with Gasteiger partial charge < -0.3 is 4.74 Å². The van der Waals surface area contributed by atoms with Gasteiger partial charge in [0.1, 0.15) is 5.15 Å². The molecule has 0 bridgehead atoms. The molecule has 0 fully saturated rings. The van der Waals surface area contributed by atoms with Crippen LogP contribution in [0.1, 0.15) is 5.69 Å². The number of halogens is 4. The predicted octanol–water partition coefficient (Wildman–Crippen LogP) is 4.96. The lowest BCUT2D eigenvalue weighted by Crippen LogP contribution is -2.02. The van der Waals surface area contributed by atoms with Crippen molar-refractivity contribution in [1.82, 2.24) is 9.97 Å². The van der Waals surface area contributed by atoms with Crippen molar-refractivity contribution in [1.29, 1.82) is 0 Å². The van der Waals surface area contributed by atoms with Gasteiger partial charge in [0.25, 0.3) is 0 Å². The van der Waals surface area contributed by atoms with Gasteiger partial charge in [-0.3, -0.25) is 0 Å². The van der Waals surface area contributed by atoms with Crippen molar-refractivity contribution in [2.45, 2.75) is 6.61 Å². The van der Waals surface area contributed by atoms with Crippen molar-refractivity contribution in [3.63, 3.8) is 0 Å². The predicted molar refractivity (Wildman–Crippen MR) is 88.6 cm³/mol. The van der Waals surface area contributed by atoms with Crippen molar-refractivity contribution in [3.05, 3.63) is 42.1 Å². The fraction of sp³-hybridized carbons (Fsp3) is 0.167. The van der Waals surface area contributed by atoms with Gasteiger partial charge >= 0.3 is 0 Å². The maximum atomic E-state index is 6.13. The van der Waals surface area contributed by atoms with Crippen LogP contribution in [0.3, 0.4) is 0 Å². The third kappa shape index (κ3) is 3.58. The summed E-state index contributed by atoms with van der Waals surface area (Å²) in [5.74, 6) is 0.520. The highest BCUT2D eigenvalue weighted by Gasteiger charge is 2.14. The van der Waals surface area contributed by atoms with Crippen molar-refractivity contribution < 1.29 is 4.74 Å². The van der Waals surface area contributed by atoms with Crippen LogP contribution in [0.2, 0.25) is 10.2 Å². The molecule has 2 aromatic rings. The van der Waals surface area contributed by atoms with E-state index in [-0.39, 0.29) is 0 Å². The summed E-state index contributed by atoms with van der Waals surface area (Å²) >= 11 is 17.7. The van der Waals surface area contributed by atoms with E-state index < -0.39 is 0 Å². The van der Waals surface area contributed by atoms with Gasteiger partial charge in [-0.05, 0) is 40.8 Å². The van der Waals surface area contributed by atoms with Gasteiger partial charge in [0.05, 0.1) is 15.9 Å². The highest BCUT2D eigenvalue weighted by Crippen LogP contribution is 2.31. The summed E-state index contributed by atoms with van der Waals surface area (Å²) in [4.78, 5) is 8.77. The number of hydrogen-bond donors (Lipinski definition) is 0. The zero-order valence-electron chi connectivity index (χ0n) is 9.75. The van der Waals surface area contributed by atoms with E-state index in [1.54, 1.807) is 19.2 Å². The Bertz CT molecular complexity index is 625. The molecule has 0 radical (unpaired) electrons. The summed E-state index contributed by atoms with van der Waals surface area (Å²) in [5, 5.41) is 1.02. The topological polar surface area (TPSA) is 35.0 Å². The molecule has 0 aliphatic carbocycles. The van der Waals surface area contributed by atoms with E-state index in [9.17, 15) is 0 Å². The van der Waals surface area contributed by atoms with Crippen LogP contribution in [-0.4, -0.2) is 17.1 Å². The van der Waals surface area contributed by atoms with Crippen LogP contribution in [0.5, 0.6) is 0 Å². The SMILES string of the molecule is COCc1nc(-c2cc(Cl)ccc2Br)nc(Cl)c1I. The number of benzene rings is 1. The highest BCUT2D eigenvalue weighted by atomic mass is 127. The fourth-order valence-electron chi connectivity index (χ4n) is 1.48. The van der Waals surface area contributed by atoms with Gasteiger partial charge in [0, 0.05) is 22.2 Å². The summed E-state index contributed by atoms with van der Waals surface area (Å²) in [6, 6.07) is 5.43. The van der Waals surface area contributed by atoms with Crippen molar-refractivity contribution in [2.24, 2.45) is 0 Å². The van der Waals surface area contributed by atoms with Gasteiger partial charge in [0.15, 0.2) is 5.82 Å². The Morgan fingerprint density at radius 1 is 1.32 bits per heavy atom. The normalized spacial score (nSPS) is 10.8. The molecule has 0 unspecified atom stereocenters. The number of aromatic nitrogens is 2. The summed E-state index contributed by atoms with van der Waals surface area (Å²) in [6.45, 7) is 0.381. The molecule has 0 spiro atoms. The summed E-state index contributed by atoms with van der Waals surface area (Å²) in [6.07, 6.45) is 0. The van der Waals surface area contributed by atoms with Gasteiger partial charge in [-0.25, -0.2) is 9.97 Å². The lowest BCUT2D eigenvalue weighted by atomic mass is 10.2. The first-order valence-electron chi connectivity index (χ1n) is 5.19. The van der Waals surface area contributed by atoms with Crippen molar-refractivity contribution in [2.75, 3.05) is 7.11 Å². The molecule has 19 heavy (non-hydrogen) atoms. The van der Waals surface area contributed by atoms with Crippen LogP contribution < -0.4 is 0 Å². The fourth-order valence-corrected chi connectivity index (χ4v) is 2.67. The third-order valence-electron chi connectivity index (χ3n) is 2.33. The van der Waals surface area contributed by atoms with Crippen LogP contribution in [0.15, 0.2) is 22.7 Å². The number of nitrogens with zero attached hydrogens (tertiary/aromatic N) is 2. The second-order valence-corrected chi connectivity index (χ2v) is 6.38. The summed E-state index contributed by atoms with van der Waals surface area (Å²) < 4.78 is 6.77. The maximum absolute atomic E-state index is 6.13. The van der Waals surface area contributed by atoms with Gasteiger partial charge in [-0.2, -0.15) is 0 Å². The first-order valence-corrected chi connectivity index (χ1v) is 7.82. The van der Waals surface area contributed by atoms with E-state index in [0.717, 1.165) is 19.3 Å². The molecule has 0 amide bonds. The monoisotopic (exact) mass is 472 g/mol. The van der Waals surface area contributed by atoms with Crippen LogP contribution in [0.4, 0.5) is 0 Å². The molecule has 0 saturated heterocycles. The molecule has 7 heteroatoms. The van der Waals surface area contributed by atoms with E-state index in [1.165, 1.54) is 0 Å². The number of hydrogen-bond acceptors (Lipinski definition) is 3. The molecule has 0 atom stereocenters. The first-order chi connectivity index (χ1) is 9.02. The molecular formula is C12H8BrCl2IN2O. The minimum Gasteiger partial charge on any atom is -0.378 e. The molecule has 2 rings (SSSR count). The Kier molecular flexibility index (Phi) is 5.42. The summed E-state index contributed by atoms with van der Waals surface area (Å²) in [5.41, 5.74) is 1.55. The second kappa shape index (κ2) is 6.67. The largest absolute Gasteiger partial charge is 0.378 e. The first kappa shape index (κ1) is 15.4. The Hall–Kier alpha value is 0.0500. The Morgan fingerprint density at radius 3 is 2.74 bits per heavy atom. The molecule has 1 heterocycles. The molecule has 0 aliphatic rings. The molecule has 0 saturated carbocycles. The molecule has 1 aromatic heterocycles.